The summed E-state index contributed by atoms with van der Waals surface area (Å²) < 4.78 is 5.68. The van der Waals surface area contributed by atoms with Crippen LogP contribution in [0.15, 0.2) is 0 Å². The summed E-state index contributed by atoms with van der Waals surface area (Å²) in [7, 11) is 0. The number of ether oxygens (including phenoxy) is 1. The van der Waals surface area contributed by atoms with Crippen LogP contribution >= 0.6 is 0 Å². The van der Waals surface area contributed by atoms with Gasteiger partial charge in [-0.1, -0.05) is 19.8 Å². The first-order valence-electron chi connectivity index (χ1n) is 5.65. The highest BCUT2D eigenvalue weighted by Crippen LogP contribution is 2.32. The highest BCUT2D eigenvalue weighted by molar-refractivity contribution is 4.72. The maximum atomic E-state index is 5.68. The Morgan fingerprint density at radius 2 is 2.23 bits per heavy atom. The van der Waals surface area contributed by atoms with Gasteiger partial charge in [0.15, 0.2) is 0 Å². The largest absolute Gasteiger partial charge is 0.377 e. The Morgan fingerprint density at radius 1 is 1.46 bits per heavy atom. The highest BCUT2D eigenvalue weighted by Gasteiger charge is 2.20. The Labute approximate surface area is 82.0 Å². The van der Waals surface area contributed by atoms with E-state index in [0.717, 1.165) is 25.6 Å². The van der Waals surface area contributed by atoms with Crippen LogP contribution < -0.4 is 5.32 Å². The van der Waals surface area contributed by atoms with Crippen molar-refractivity contribution in [1.29, 1.82) is 0 Å². The first-order valence-corrected chi connectivity index (χ1v) is 5.65. The lowest BCUT2D eigenvalue weighted by Gasteiger charge is -2.13. The molecule has 78 valence electrons. The zero-order valence-electron chi connectivity index (χ0n) is 9.01. The van der Waals surface area contributed by atoms with Gasteiger partial charge in [0.05, 0.1) is 6.10 Å². The van der Waals surface area contributed by atoms with E-state index >= 15 is 0 Å². The van der Waals surface area contributed by atoms with Crippen molar-refractivity contribution >= 4 is 0 Å². The van der Waals surface area contributed by atoms with Crippen LogP contribution in [0.1, 0.15) is 39.5 Å². The van der Waals surface area contributed by atoms with Crippen LogP contribution in [-0.2, 0) is 4.74 Å². The first kappa shape index (κ1) is 11.0. The average molecular weight is 185 g/mol. The molecule has 1 aliphatic rings. The predicted octanol–water partition coefficient (Wildman–Crippen LogP) is 2.19. The van der Waals surface area contributed by atoms with Gasteiger partial charge in [-0.15, -0.1) is 0 Å². The third kappa shape index (κ3) is 6.05. The van der Waals surface area contributed by atoms with E-state index in [1.54, 1.807) is 0 Å². The maximum Gasteiger partial charge on any atom is 0.0671 e. The van der Waals surface area contributed by atoms with Gasteiger partial charge in [0.2, 0.25) is 0 Å². The zero-order chi connectivity index (χ0) is 9.52. The third-order valence-electron chi connectivity index (χ3n) is 2.48. The maximum absolute atomic E-state index is 5.68. The molecule has 0 saturated heterocycles. The number of rotatable bonds is 8. The minimum atomic E-state index is 0.380. The van der Waals surface area contributed by atoms with Crippen molar-refractivity contribution in [3.05, 3.63) is 0 Å². The molecule has 0 amide bonds. The minimum Gasteiger partial charge on any atom is -0.377 e. The highest BCUT2D eigenvalue weighted by atomic mass is 16.5. The van der Waals surface area contributed by atoms with Gasteiger partial charge >= 0.3 is 0 Å². The zero-order valence-corrected chi connectivity index (χ0v) is 9.01. The van der Waals surface area contributed by atoms with Crippen LogP contribution in [0, 0.1) is 5.92 Å². The molecule has 0 aromatic heterocycles. The van der Waals surface area contributed by atoms with Gasteiger partial charge < -0.3 is 10.1 Å². The second-order valence-corrected chi connectivity index (χ2v) is 4.12. The molecule has 1 fully saturated rings. The summed E-state index contributed by atoms with van der Waals surface area (Å²) in [6.07, 6.45) is 5.73. The van der Waals surface area contributed by atoms with E-state index in [2.05, 4.69) is 19.2 Å². The molecule has 0 aromatic rings. The summed E-state index contributed by atoms with van der Waals surface area (Å²) in [6.45, 7) is 7.40. The van der Waals surface area contributed by atoms with Gasteiger partial charge in [0.1, 0.15) is 0 Å². The van der Waals surface area contributed by atoms with E-state index in [-0.39, 0.29) is 0 Å². The molecular formula is C11H23NO. The van der Waals surface area contributed by atoms with E-state index in [4.69, 9.17) is 4.74 Å². The van der Waals surface area contributed by atoms with Crippen molar-refractivity contribution in [3.8, 4) is 0 Å². The predicted molar refractivity (Wildman–Crippen MR) is 55.9 cm³/mol. The molecular weight excluding hydrogens is 162 g/mol. The molecule has 1 unspecified atom stereocenters. The van der Waals surface area contributed by atoms with Crippen molar-refractivity contribution in [2.24, 2.45) is 5.92 Å². The van der Waals surface area contributed by atoms with Crippen molar-refractivity contribution in [2.75, 3.05) is 19.7 Å². The molecule has 1 aliphatic carbocycles. The van der Waals surface area contributed by atoms with Crippen molar-refractivity contribution in [2.45, 2.75) is 45.6 Å². The van der Waals surface area contributed by atoms with Gasteiger partial charge in [-0.2, -0.15) is 0 Å². The van der Waals surface area contributed by atoms with Crippen LogP contribution in [0.5, 0.6) is 0 Å². The van der Waals surface area contributed by atoms with E-state index in [1.165, 1.54) is 25.7 Å². The van der Waals surface area contributed by atoms with Crippen LogP contribution in [0.4, 0.5) is 0 Å². The molecule has 0 aliphatic heterocycles. The molecule has 1 rings (SSSR count). The third-order valence-corrected chi connectivity index (χ3v) is 2.48. The van der Waals surface area contributed by atoms with Crippen LogP contribution in [0.3, 0.4) is 0 Å². The Balaban J connectivity index is 1.81. The minimum absolute atomic E-state index is 0.380. The summed E-state index contributed by atoms with van der Waals surface area (Å²) in [4.78, 5) is 0. The number of hydrogen-bond acceptors (Lipinski definition) is 2. The fourth-order valence-electron chi connectivity index (χ4n) is 1.38. The van der Waals surface area contributed by atoms with Crippen molar-refractivity contribution in [1.82, 2.24) is 5.32 Å². The Bertz CT molecular complexity index is 123. The normalized spacial score (nSPS) is 18.9. The summed E-state index contributed by atoms with van der Waals surface area (Å²) in [6, 6.07) is 0. The molecule has 0 spiro atoms. The fraction of sp³-hybridized carbons (Fsp3) is 1.00. The molecule has 0 aromatic carbocycles. The van der Waals surface area contributed by atoms with Gasteiger partial charge in [0.25, 0.3) is 0 Å². The smallest absolute Gasteiger partial charge is 0.0671 e. The molecule has 1 saturated carbocycles. The lowest BCUT2D eigenvalue weighted by atomic mass is 10.3. The van der Waals surface area contributed by atoms with Crippen LogP contribution in [-0.4, -0.2) is 25.8 Å². The second-order valence-electron chi connectivity index (χ2n) is 4.12. The van der Waals surface area contributed by atoms with E-state index in [0.29, 0.717) is 6.10 Å². The quantitative estimate of drug-likeness (QED) is 0.585. The summed E-state index contributed by atoms with van der Waals surface area (Å²) in [5.74, 6) is 0.996. The molecule has 1 atom stereocenters. The lowest BCUT2D eigenvalue weighted by Crippen LogP contribution is -2.27. The molecule has 1 N–H and O–H groups in total. The summed E-state index contributed by atoms with van der Waals surface area (Å²) in [5, 5.41) is 3.36. The first-order chi connectivity index (χ1) is 6.33. The van der Waals surface area contributed by atoms with E-state index in [1.807, 2.05) is 0 Å². The van der Waals surface area contributed by atoms with Gasteiger partial charge in [-0.05, 0) is 32.2 Å². The molecule has 0 heterocycles. The van der Waals surface area contributed by atoms with Crippen LogP contribution in [0.2, 0.25) is 0 Å². The van der Waals surface area contributed by atoms with Gasteiger partial charge in [0, 0.05) is 13.2 Å². The lowest BCUT2D eigenvalue weighted by molar-refractivity contribution is 0.0619. The van der Waals surface area contributed by atoms with E-state index < -0.39 is 0 Å². The van der Waals surface area contributed by atoms with Crippen molar-refractivity contribution in [3.63, 3.8) is 0 Å². The molecule has 0 radical (unpaired) electrons. The second kappa shape index (κ2) is 6.39. The molecule has 2 heteroatoms. The molecule has 2 nitrogen and oxygen atoms in total. The Kier molecular flexibility index (Phi) is 5.40. The Hall–Kier alpha value is -0.0800. The van der Waals surface area contributed by atoms with Crippen LogP contribution in [0.25, 0.3) is 0 Å². The van der Waals surface area contributed by atoms with Gasteiger partial charge in [-0.25, -0.2) is 0 Å². The monoisotopic (exact) mass is 185 g/mol. The summed E-state index contributed by atoms with van der Waals surface area (Å²) >= 11 is 0. The SMILES string of the molecule is CCCNCC(C)OCCC1CC1. The van der Waals surface area contributed by atoms with Gasteiger partial charge in [-0.3, -0.25) is 0 Å². The molecule has 13 heavy (non-hydrogen) atoms. The molecule has 0 bridgehead atoms. The topological polar surface area (TPSA) is 21.3 Å². The fourth-order valence-corrected chi connectivity index (χ4v) is 1.38. The van der Waals surface area contributed by atoms with E-state index in [9.17, 15) is 0 Å². The summed E-state index contributed by atoms with van der Waals surface area (Å²) in [5.41, 5.74) is 0. The number of hydrogen-bond donors (Lipinski definition) is 1. The standard InChI is InChI=1S/C11H23NO/c1-3-7-12-9-10(2)13-8-6-11-4-5-11/h10-12H,3-9H2,1-2H3. The number of nitrogens with one attached hydrogen (secondary N) is 1. The Morgan fingerprint density at radius 3 is 2.85 bits per heavy atom. The average Bonchev–Trinajstić information content (AvgIpc) is 2.89. The van der Waals surface area contributed by atoms with Crippen molar-refractivity contribution < 1.29 is 4.74 Å².